The van der Waals surface area contributed by atoms with E-state index in [0.717, 1.165) is 0 Å². The lowest BCUT2D eigenvalue weighted by Crippen LogP contribution is -2.39. The summed E-state index contributed by atoms with van der Waals surface area (Å²) >= 11 is 0. The molecule has 0 atom stereocenters. The molecule has 0 aliphatic carbocycles. The normalized spacial score (nSPS) is 8.93. The molecule has 0 aliphatic heterocycles. The Kier molecular flexibility index (Phi) is 6.07. The second-order valence-electron chi connectivity index (χ2n) is 2.83. The van der Waals surface area contributed by atoms with Crippen LogP contribution in [0, 0.1) is 11.3 Å². The molecule has 0 radical (unpaired) electrons. The molecule has 78 valence electrons. The highest BCUT2D eigenvalue weighted by Crippen LogP contribution is 1.75. The minimum absolute atomic E-state index is 0.0118. The molecule has 6 heteroatoms. The average Bonchev–Trinajstić information content (AvgIpc) is 2.14. The lowest BCUT2D eigenvalue weighted by molar-refractivity contribution is -0.127. The zero-order chi connectivity index (χ0) is 11.0. The lowest BCUT2D eigenvalue weighted by atomic mass is 10.5. The Hall–Kier alpha value is -1.61. The number of likely N-dealkylation sites (N-methyl/N-ethyl adjacent to an activating group) is 1. The summed E-state index contributed by atoms with van der Waals surface area (Å²) in [6, 6.07) is 1.78. The predicted molar refractivity (Wildman–Crippen MR) is 50.2 cm³/mol. The molecule has 6 nitrogen and oxygen atoms in total. The largest absolute Gasteiger partial charge is 0.348 e. The van der Waals surface area contributed by atoms with Gasteiger partial charge in [-0.1, -0.05) is 0 Å². The molecule has 0 aromatic carbocycles. The fraction of sp³-hybridized carbons (Fsp3) is 0.625. The molecule has 0 saturated heterocycles. The van der Waals surface area contributed by atoms with E-state index in [1.54, 1.807) is 20.2 Å². The summed E-state index contributed by atoms with van der Waals surface area (Å²) in [5.74, 6) is -0.392. The molecule has 14 heavy (non-hydrogen) atoms. The van der Waals surface area contributed by atoms with E-state index in [0.29, 0.717) is 0 Å². The maximum atomic E-state index is 11.0. The quantitative estimate of drug-likeness (QED) is 0.516. The van der Waals surface area contributed by atoms with Crippen LogP contribution in [-0.2, 0) is 9.59 Å². The average molecular weight is 198 g/mol. The number of hydrogen-bond donors (Lipinski definition) is 2. The van der Waals surface area contributed by atoms with Crippen molar-refractivity contribution in [2.75, 3.05) is 33.7 Å². The first kappa shape index (κ1) is 12.4. The summed E-state index contributed by atoms with van der Waals surface area (Å²) in [7, 11) is 3.28. The van der Waals surface area contributed by atoms with Gasteiger partial charge in [0.25, 0.3) is 0 Å². The Morgan fingerprint density at radius 1 is 1.36 bits per heavy atom. The SMILES string of the molecule is CN(C)C(=O)CNCC(=O)NCC#N. The molecule has 2 amide bonds. The van der Waals surface area contributed by atoms with E-state index in [1.165, 1.54) is 4.90 Å². The van der Waals surface area contributed by atoms with Crippen LogP contribution in [0.5, 0.6) is 0 Å². The summed E-state index contributed by atoms with van der Waals surface area (Å²) in [5.41, 5.74) is 0. The predicted octanol–water partition coefficient (Wildman–Crippen LogP) is -1.70. The van der Waals surface area contributed by atoms with Crippen molar-refractivity contribution in [2.45, 2.75) is 0 Å². The second-order valence-corrected chi connectivity index (χ2v) is 2.83. The van der Waals surface area contributed by atoms with Gasteiger partial charge < -0.3 is 10.2 Å². The number of nitrogens with one attached hydrogen (secondary N) is 2. The molecule has 0 unspecified atom stereocenters. The van der Waals surface area contributed by atoms with Crippen LogP contribution in [0.15, 0.2) is 0 Å². The van der Waals surface area contributed by atoms with Crippen LogP contribution in [0.3, 0.4) is 0 Å². The topological polar surface area (TPSA) is 85.2 Å². The molecular weight excluding hydrogens is 184 g/mol. The van der Waals surface area contributed by atoms with Gasteiger partial charge in [0.15, 0.2) is 0 Å². The van der Waals surface area contributed by atoms with E-state index in [1.807, 2.05) is 0 Å². The first-order valence-electron chi connectivity index (χ1n) is 4.12. The van der Waals surface area contributed by atoms with Crippen molar-refractivity contribution >= 4 is 11.8 Å². The molecule has 0 fully saturated rings. The van der Waals surface area contributed by atoms with E-state index in [4.69, 9.17) is 5.26 Å². The number of hydrogen-bond acceptors (Lipinski definition) is 4. The minimum Gasteiger partial charge on any atom is -0.348 e. The minimum atomic E-state index is -0.293. The van der Waals surface area contributed by atoms with E-state index < -0.39 is 0 Å². The van der Waals surface area contributed by atoms with Crippen LogP contribution in [-0.4, -0.2) is 50.4 Å². The maximum Gasteiger partial charge on any atom is 0.236 e. The fourth-order valence-electron chi connectivity index (χ4n) is 0.642. The van der Waals surface area contributed by atoms with Crippen LogP contribution in [0.1, 0.15) is 0 Å². The van der Waals surface area contributed by atoms with Crippen molar-refractivity contribution in [3.8, 4) is 6.07 Å². The molecule has 0 heterocycles. The Bertz CT molecular complexity index is 244. The summed E-state index contributed by atoms with van der Waals surface area (Å²) < 4.78 is 0. The third kappa shape index (κ3) is 5.97. The van der Waals surface area contributed by atoms with Gasteiger partial charge in [0.2, 0.25) is 11.8 Å². The molecule has 0 bridgehead atoms. The van der Waals surface area contributed by atoms with Gasteiger partial charge in [0.1, 0.15) is 6.54 Å². The smallest absolute Gasteiger partial charge is 0.236 e. The van der Waals surface area contributed by atoms with E-state index >= 15 is 0 Å². The zero-order valence-electron chi connectivity index (χ0n) is 8.33. The van der Waals surface area contributed by atoms with Crippen LogP contribution >= 0.6 is 0 Å². The molecule has 0 aliphatic rings. The zero-order valence-corrected chi connectivity index (χ0v) is 8.33. The van der Waals surface area contributed by atoms with Crippen LogP contribution in [0.25, 0.3) is 0 Å². The first-order chi connectivity index (χ1) is 6.57. The van der Waals surface area contributed by atoms with Gasteiger partial charge in [-0.3, -0.25) is 14.9 Å². The summed E-state index contributed by atoms with van der Waals surface area (Å²) in [5, 5.41) is 13.2. The van der Waals surface area contributed by atoms with Crippen molar-refractivity contribution in [1.82, 2.24) is 15.5 Å². The summed E-state index contributed by atoms with van der Waals surface area (Å²) in [4.78, 5) is 23.4. The molecule has 0 aromatic heterocycles. The van der Waals surface area contributed by atoms with Crippen LogP contribution < -0.4 is 10.6 Å². The van der Waals surface area contributed by atoms with Crippen molar-refractivity contribution in [2.24, 2.45) is 0 Å². The number of carbonyl (C=O) groups is 2. The Labute approximate surface area is 82.9 Å². The van der Waals surface area contributed by atoms with Gasteiger partial charge in [-0.2, -0.15) is 5.26 Å². The maximum absolute atomic E-state index is 11.0. The van der Waals surface area contributed by atoms with Gasteiger partial charge in [0, 0.05) is 14.1 Å². The highest BCUT2D eigenvalue weighted by molar-refractivity contribution is 5.80. The number of nitrogens with zero attached hydrogens (tertiary/aromatic N) is 2. The van der Waals surface area contributed by atoms with Crippen molar-refractivity contribution in [1.29, 1.82) is 5.26 Å². The van der Waals surface area contributed by atoms with Gasteiger partial charge in [0.05, 0.1) is 19.2 Å². The molecule has 0 spiro atoms. The molecule has 0 aromatic rings. The van der Waals surface area contributed by atoms with E-state index in [9.17, 15) is 9.59 Å². The van der Waals surface area contributed by atoms with Gasteiger partial charge in [-0.15, -0.1) is 0 Å². The van der Waals surface area contributed by atoms with Gasteiger partial charge in [-0.25, -0.2) is 0 Å². The number of rotatable bonds is 5. The third-order valence-corrected chi connectivity index (χ3v) is 1.43. The Balaban J connectivity index is 3.50. The second kappa shape index (κ2) is 6.86. The molecule has 0 rings (SSSR count). The number of nitriles is 1. The van der Waals surface area contributed by atoms with Gasteiger partial charge >= 0.3 is 0 Å². The van der Waals surface area contributed by atoms with Crippen LogP contribution in [0.4, 0.5) is 0 Å². The van der Waals surface area contributed by atoms with Gasteiger partial charge in [-0.05, 0) is 0 Å². The summed E-state index contributed by atoms with van der Waals surface area (Å²) in [6.45, 7) is 0.149. The summed E-state index contributed by atoms with van der Waals surface area (Å²) in [6.07, 6.45) is 0. The molecular formula is C8H14N4O2. The fourth-order valence-corrected chi connectivity index (χ4v) is 0.642. The third-order valence-electron chi connectivity index (χ3n) is 1.43. The van der Waals surface area contributed by atoms with E-state index in [2.05, 4.69) is 10.6 Å². The highest BCUT2D eigenvalue weighted by atomic mass is 16.2. The highest BCUT2D eigenvalue weighted by Gasteiger charge is 2.04. The van der Waals surface area contributed by atoms with Crippen molar-refractivity contribution in [3.05, 3.63) is 0 Å². The molecule has 0 saturated carbocycles. The Morgan fingerprint density at radius 2 is 2.00 bits per heavy atom. The van der Waals surface area contributed by atoms with Crippen molar-refractivity contribution < 1.29 is 9.59 Å². The number of carbonyl (C=O) groups excluding carboxylic acids is 2. The lowest BCUT2D eigenvalue weighted by Gasteiger charge is -2.10. The number of amides is 2. The monoisotopic (exact) mass is 198 g/mol. The van der Waals surface area contributed by atoms with Crippen molar-refractivity contribution in [3.63, 3.8) is 0 Å². The molecule has 2 N–H and O–H groups in total. The van der Waals surface area contributed by atoms with E-state index in [-0.39, 0.29) is 31.4 Å². The standard InChI is InChI=1S/C8H14N4O2/c1-12(2)8(14)6-10-5-7(13)11-4-3-9/h10H,4-6H2,1-2H3,(H,11,13). The van der Waals surface area contributed by atoms with Crippen LogP contribution in [0.2, 0.25) is 0 Å². The first-order valence-corrected chi connectivity index (χ1v) is 4.12. The Morgan fingerprint density at radius 3 is 2.50 bits per heavy atom.